The maximum absolute atomic E-state index is 5.47. The molecule has 0 bridgehead atoms. The molecule has 1 atom stereocenters. The molecule has 0 aromatic heterocycles. The van der Waals surface area contributed by atoms with E-state index in [-0.39, 0.29) is 0 Å². The van der Waals surface area contributed by atoms with Gasteiger partial charge in [-0.15, -0.1) is 0 Å². The Morgan fingerprint density at radius 1 is 1.33 bits per heavy atom. The average molecular weight is 206 g/mol. The van der Waals surface area contributed by atoms with E-state index >= 15 is 0 Å². The molecule has 2 rings (SSSR count). The molecule has 0 radical (unpaired) electrons. The molecule has 0 amide bonds. The third kappa shape index (κ3) is 3.63. The van der Waals surface area contributed by atoms with E-state index in [1.54, 1.807) is 0 Å². The SMILES string of the molecule is c1ccc(CON[C@H]2CCCNC2)cc1. The van der Waals surface area contributed by atoms with Crippen molar-refractivity contribution >= 4 is 0 Å². The zero-order valence-corrected chi connectivity index (χ0v) is 8.91. The predicted octanol–water partition coefficient (Wildman–Crippen LogP) is 1.46. The summed E-state index contributed by atoms with van der Waals surface area (Å²) in [6, 6.07) is 10.7. The maximum Gasteiger partial charge on any atom is 0.0933 e. The first-order chi connectivity index (χ1) is 7.45. The molecule has 1 saturated heterocycles. The highest BCUT2D eigenvalue weighted by atomic mass is 16.6. The Labute approximate surface area is 90.8 Å². The van der Waals surface area contributed by atoms with Crippen molar-refractivity contribution in [2.45, 2.75) is 25.5 Å². The van der Waals surface area contributed by atoms with Crippen LogP contribution in [0.4, 0.5) is 0 Å². The molecule has 3 heteroatoms. The van der Waals surface area contributed by atoms with Crippen molar-refractivity contribution in [3.63, 3.8) is 0 Å². The van der Waals surface area contributed by atoms with Gasteiger partial charge in [0.25, 0.3) is 0 Å². The zero-order chi connectivity index (χ0) is 10.3. The second-order valence-electron chi connectivity index (χ2n) is 3.94. The monoisotopic (exact) mass is 206 g/mol. The first-order valence-corrected chi connectivity index (χ1v) is 5.57. The topological polar surface area (TPSA) is 33.3 Å². The predicted molar refractivity (Wildman–Crippen MR) is 60.3 cm³/mol. The lowest BCUT2D eigenvalue weighted by Crippen LogP contribution is -2.42. The molecule has 82 valence electrons. The summed E-state index contributed by atoms with van der Waals surface area (Å²) in [6.07, 6.45) is 2.42. The summed E-state index contributed by atoms with van der Waals surface area (Å²) < 4.78 is 0. The van der Waals surface area contributed by atoms with Gasteiger partial charge in [-0.05, 0) is 24.9 Å². The van der Waals surface area contributed by atoms with Gasteiger partial charge >= 0.3 is 0 Å². The van der Waals surface area contributed by atoms with Gasteiger partial charge in [0.2, 0.25) is 0 Å². The Bertz CT molecular complexity index is 270. The van der Waals surface area contributed by atoms with Gasteiger partial charge in [-0.3, -0.25) is 4.84 Å². The summed E-state index contributed by atoms with van der Waals surface area (Å²) in [5.41, 5.74) is 4.31. The number of hydroxylamine groups is 1. The fourth-order valence-electron chi connectivity index (χ4n) is 1.77. The van der Waals surface area contributed by atoms with E-state index in [4.69, 9.17) is 4.84 Å². The molecule has 2 N–H and O–H groups in total. The lowest BCUT2D eigenvalue weighted by Gasteiger charge is -2.23. The fourth-order valence-corrected chi connectivity index (χ4v) is 1.77. The minimum Gasteiger partial charge on any atom is -0.315 e. The van der Waals surface area contributed by atoms with Crippen LogP contribution in [0.15, 0.2) is 30.3 Å². The first kappa shape index (κ1) is 10.6. The van der Waals surface area contributed by atoms with Gasteiger partial charge in [0.1, 0.15) is 0 Å². The largest absolute Gasteiger partial charge is 0.315 e. The van der Waals surface area contributed by atoms with E-state index in [1.165, 1.54) is 18.4 Å². The Hall–Kier alpha value is -0.900. The van der Waals surface area contributed by atoms with Crippen LogP contribution in [-0.2, 0) is 11.4 Å². The summed E-state index contributed by atoms with van der Waals surface area (Å²) in [4.78, 5) is 5.47. The smallest absolute Gasteiger partial charge is 0.0933 e. The number of piperidine rings is 1. The summed E-state index contributed by atoms with van der Waals surface area (Å²) >= 11 is 0. The molecule has 15 heavy (non-hydrogen) atoms. The Kier molecular flexibility index (Phi) is 4.14. The molecule has 1 aliphatic heterocycles. The zero-order valence-electron chi connectivity index (χ0n) is 8.91. The van der Waals surface area contributed by atoms with Crippen molar-refractivity contribution in [3.8, 4) is 0 Å². The number of benzene rings is 1. The summed E-state index contributed by atoms with van der Waals surface area (Å²) in [5.74, 6) is 0. The van der Waals surface area contributed by atoms with E-state index in [1.807, 2.05) is 18.2 Å². The van der Waals surface area contributed by atoms with Crippen LogP contribution in [-0.4, -0.2) is 19.1 Å². The molecular weight excluding hydrogens is 188 g/mol. The molecule has 0 unspecified atom stereocenters. The first-order valence-electron chi connectivity index (χ1n) is 5.57. The average Bonchev–Trinajstić information content (AvgIpc) is 2.32. The third-order valence-corrected chi connectivity index (χ3v) is 2.63. The molecule has 1 aliphatic rings. The van der Waals surface area contributed by atoms with Gasteiger partial charge < -0.3 is 5.32 Å². The highest BCUT2D eigenvalue weighted by Crippen LogP contribution is 2.03. The van der Waals surface area contributed by atoms with Crippen LogP contribution in [0.5, 0.6) is 0 Å². The lowest BCUT2D eigenvalue weighted by atomic mass is 10.1. The van der Waals surface area contributed by atoms with Crippen LogP contribution in [0.1, 0.15) is 18.4 Å². The third-order valence-electron chi connectivity index (χ3n) is 2.63. The second kappa shape index (κ2) is 5.85. The number of hydrogen-bond donors (Lipinski definition) is 2. The molecule has 0 saturated carbocycles. The minimum atomic E-state index is 0.461. The van der Waals surface area contributed by atoms with Crippen LogP contribution >= 0.6 is 0 Å². The quantitative estimate of drug-likeness (QED) is 0.732. The minimum absolute atomic E-state index is 0.461. The molecule has 1 heterocycles. The van der Waals surface area contributed by atoms with E-state index in [0.717, 1.165) is 13.1 Å². The van der Waals surface area contributed by atoms with E-state index in [0.29, 0.717) is 12.6 Å². The van der Waals surface area contributed by atoms with Crippen LogP contribution in [0, 0.1) is 0 Å². The van der Waals surface area contributed by atoms with Crippen molar-refractivity contribution in [2.75, 3.05) is 13.1 Å². The van der Waals surface area contributed by atoms with Crippen molar-refractivity contribution in [2.24, 2.45) is 0 Å². The van der Waals surface area contributed by atoms with Gasteiger partial charge in [0.05, 0.1) is 6.61 Å². The number of nitrogens with one attached hydrogen (secondary N) is 2. The van der Waals surface area contributed by atoms with Crippen LogP contribution in [0.3, 0.4) is 0 Å². The Morgan fingerprint density at radius 3 is 2.93 bits per heavy atom. The van der Waals surface area contributed by atoms with E-state index < -0.39 is 0 Å². The summed E-state index contributed by atoms with van der Waals surface area (Å²) in [6.45, 7) is 2.78. The summed E-state index contributed by atoms with van der Waals surface area (Å²) in [5, 5.41) is 3.34. The lowest BCUT2D eigenvalue weighted by molar-refractivity contribution is -0.00146. The fraction of sp³-hybridized carbons (Fsp3) is 0.500. The van der Waals surface area contributed by atoms with Gasteiger partial charge in [0.15, 0.2) is 0 Å². The van der Waals surface area contributed by atoms with Crippen LogP contribution < -0.4 is 10.8 Å². The van der Waals surface area contributed by atoms with Crippen molar-refractivity contribution in [1.29, 1.82) is 0 Å². The van der Waals surface area contributed by atoms with Gasteiger partial charge in [-0.25, -0.2) is 0 Å². The molecule has 1 fully saturated rings. The summed E-state index contributed by atoms with van der Waals surface area (Å²) in [7, 11) is 0. The highest BCUT2D eigenvalue weighted by molar-refractivity contribution is 5.13. The number of hydrogen-bond acceptors (Lipinski definition) is 3. The Morgan fingerprint density at radius 2 is 2.20 bits per heavy atom. The highest BCUT2D eigenvalue weighted by Gasteiger charge is 2.11. The van der Waals surface area contributed by atoms with Crippen molar-refractivity contribution in [3.05, 3.63) is 35.9 Å². The van der Waals surface area contributed by atoms with Gasteiger partial charge in [-0.2, -0.15) is 5.48 Å². The maximum atomic E-state index is 5.47. The van der Waals surface area contributed by atoms with Gasteiger partial charge in [-0.1, -0.05) is 30.3 Å². The van der Waals surface area contributed by atoms with Crippen LogP contribution in [0.25, 0.3) is 0 Å². The standard InChI is InChI=1S/C12H18N2O/c1-2-5-11(6-3-1)10-15-14-12-7-4-8-13-9-12/h1-3,5-6,12-14H,4,7-10H2/t12-/m0/s1. The molecule has 0 spiro atoms. The normalized spacial score (nSPS) is 21.5. The molecule has 3 nitrogen and oxygen atoms in total. The van der Waals surface area contributed by atoms with Crippen molar-refractivity contribution < 1.29 is 4.84 Å². The van der Waals surface area contributed by atoms with Crippen LogP contribution in [0.2, 0.25) is 0 Å². The molecule has 0 aliphatic carbocycles. The molecule has 1 aromatic rings. The Balaban J connectivity index is 1.66. The second-order valence-corrected chi connectivity index (χ2v) is 3.94. The van der Waals surface area contributed by atoms with Gasteiger partial charge in [0, 0.05) is 12.6 Å². The molecule has 1 aromatic carbocycles. The number of rotatable bonds is 4. The van der Waals surface area contributed by atoms with Crippen molar-refractivity contribution in [1.82, 2.24) is 10.8 Å². The van der Waals surface area contributed by atoms with E-state index in [9.17, 15) is 0 Å². The molecular formula is C12H18N2O. The van der Waals surface area contributed by atoms with E-state index in [2.05, 4.69) is 22.9 Å².